The molecule has 0 aromatic heterocycles. The number of esters is 1. The highest BCUT2D eigenvalue weighted by atomic mass is 16.5. The minimum absolute atomic E-state index is 0.176. The Bertz CT molecular complexity index is 1040. The molecule has 0 unspecified atom stereocenters. The third-order valence-corrected chi connectivity index (χ3v) is 5.17. The van der Waals surface area contributed by atoms with Crippen LogP contribution in [0.15, 0.2) is 48.5 Å². The number of carbonyl (C=O) groups is 4. The van der Waals surface area contributed by atoms with Crippen LogP contribution < -0.4 is 10.2 Å². The number of hydrogen-bond acceptors (Lipinski definition) is 6. The number of amides is 4. The lowest BCUT2D eigenvalue weighted by atomic mass is 10.1. The zero-order valence-electron chi connectivity index (χ0n) is 18.9. The van der Waals surface area contributed by atoms with Gasteiger partial charge in [-0.2, -0.15) is 0 Å². The monoisotopic (exact) mass is 453 g/mol. The molecule has 1 aliphatic rings. The van der Waals surface area contributed by atoms with Crippen molar-refractivity contribution in [3.05, 3.63) is 59.7 Å². The molecule has 1 N–H and O–H groups in total. The van der Waals surface area contributed by atoms with Gasteiger partial charge in [0.15, 0.2) is 0 Å². The first kappa shape index (κ1) is 23.9. The van der Waals surface area contributed by atoms with Gasteiger partial charge in [-0.25, -0.2) is 14.5 Å². The van der Waals surface area contributed by atoms with Crippen LogP contribution in [0.1, 0.15) is 29.3 Å². The fourth-order valence-corrected chi connectivity index (χ4v) is 3.57. The van der Waals surface area contributed by atoms with Crippen molar-refractivity contribution in [1.82, 2.24) is 4.90 Å². The van der Waals surface area contributed by atoms with Crippen molar-refractivity contribution >= 4 is 35.2 Å². The Balaban J connectivity index is 1.74. The standard InChI is InChI=1S/C24H27N3O6/c1-4-33-23(30)17-8-10-18(11-9-17)25-21(28)15-20-22(29)27(19-7-5-6-16(2)14-19)24(31)26(20)12-13-32-3/h5-11,14,20H,4,12-13,15H2,1-3H3,(H,25,28)/t20-/m0/s1. The minimum Gasteiger partial charge on any atom is -0.462 e. The Hall–Kier alpha value is -3.72. The van der Waals surface area contributed by atoms with Crippen LogP contribution in [-0.4, -0.2) is 61.6 Å². The van der Waals surface area contributed by atoms with E-state index in [0.29, 0.717) is 16.9 Å². The normalized spacial score (nSPS) is 15.7. The van der Waals surface area contributed by atoms with Crippen molar-refractivity contribution in [3.63, 3.8) is 0 Å². The highest BCUT2D eigenvalue weighted by Gasteiger charge is 2.46. The Labute approximate surface area is 192 Å². The molecule has 1 heterocycles. The van der Waals surface area contributed by atoms with Crippen LogP contribution >= 0.6 is 0 Å². The first-order valence-corrected chi connectivity index (χ1v) is 10.6. The van der Waals surface area contributed by atoms with Crippen LogP contribution in [0.5, 0.6) is 0 Å². The number of anilines is 2. The average Bonchev–Trinajstić information content (AvgIpc) is 3.01. The van der Waals surface area contributed by atoms with Crippen LogP contribution in [0.3, 0.4) is 0 Å². The summed E-state index contributed by atoms with van der Waals surface area (Å²) in [5.41, 5.74) is 2.20. The maximum Gasteiger partial charge on any atom is 0.338 e. The molecule has 1 fully saturated rings. The number of aryl methyl sites for hydroxylation is 1. The van der Waals surface area contributed by atoms with E-state index in [4.69, 9.17) is 9.47 Å². The molecule has 0 radical (unpaired) electrons. The van der Waals surface area contributed by atoms with E-state index >= 15 is 0 Å². The van der Waals surface area contributed by atoms with Crippen LogP contribution in [0.25, 0.3) is 0 Å². The van der Waals surface area contributed by atoms with E-state index < -0.39 is 29.9 Å². The number of rotatable bonds is 9. The van der Waals surface area contributed by atoms with Gasteiger partial charge in [-0.3, -0.25) is 9.59 Å². The van der Waals surface area contributed by atoms with Gasteiger partial charge in [0.25, 0.3) is 5.91 Å². The van der Waals surface area contributed by atoms with Crippen molar-refractivity contribution in [1.29, 1.82) is 0 Å². The van der Waals surface area contributed by atoms with E-state index in [9.17, 15) is 19.2 Å². The van der Waals surface area contributed by atoms with E-state index in [-0.39, 0.29) is 26.2 Å². The maximum atomic E-state index is 13.2. The lowest BCUT2D eigenvalue weighted by Gasteiger charge is -2.21. The van der Waals surface area contributed by atoms with E-state index in [2.05, 4.69) is 5.32 Å². The Kier molecular flexibility index (Phi) is 7.78. The smallest absolute Gasteiger partial charge is 0.338 e. The summed E-state index contributed by atoms with van der Waals surface area (Å²) in [7, 11) is 1.50. The highest BCUT2D eigenvalue weighted by Crippen LogP contribution is 2.27. The van der Waals surface area contributed by atoms with Crippen molar-refractivity contribution in [3.8, 4) is 0 Å². The Morgan fingerprint density at radius 2 is 1.82 bits per heavy atom. The topological polar surface area (TPSA) is 105 Å². The molecule has 0 bridgehead atoms. The Morgan fingerprint density at radius 3 is 2.45 bits per heavy atom. The maximum absolute atomic E-state index is 13.2. The van der Waals surface area contributed by atoms with Gasteiger partial charge in [0, 0.05) is 19.3 Å². The minimum atomic E-state index is -0.952. The number of benzene rings is 2. The average molecular weight is 453 g/mol. The molecule has 0 saturated carbocycles. The zero-order chi connectivity index (χ0) is 24.0. The summed E-state index contributed by atoms with van der Waals surface area (Å²) in [5.74, 6) is -1.34. The molecular weight excluding hydrogens is 426 g/mol. The second-order valence-corrected chi connectivity index (χ2v) is 7.55. The first-order chi connectivity index (χ1) is 15.8. The molecule has 0 spiro atoms. The fraction of sp³-hybridized carbons (Fsp3) is 0.333. The quantitative estimate of drug-likeness (QED) is 0.462. The fourth-order valence-electron chi connectivity index (χ4n) is 3.57. The highest BCUT2D eigenvalue weighted by molar-refractivity contribution is 6.22. The molecule has 9 nitrogen and oxygen atoms in total. The lowest BCUT2D eigenvalue weighted by molar-refractivity contribution is -0.124. The summed E-state index contributed by atoms with van der Waals surface area (Å²) in [6.45, 7) is 4.27. The number of nitrogens with zero attached hydrogens (tertiary/aromatic N) is 2. The van der Waals surface area contributed by atoms with E-state index in [0.717, 1.165) is 10.5 Å². The molecule has 2 aromatic rings. The SMILES string of the molecule is CCOC(=O)c1ccc(NC(=O)C[C@H]2C(=O)N(c3cccc(C)c3)C(=O)N2CCOC)cc1. The third-order valence-electron chi connectivity index (χ3n) is 5.17. The molecule has 4 amide bonds. The number of hydrogen-bond donors (Lipinski definition) is 1. The molecule has 0 aliphatic carbocycles. The molecule has 1 saturated heterocycles. The number of carbonyl (C=O) groups excluding carboxylic acids is 4. The summed E-state index contributed by atoms with van der Waals surface area (Å²) in [6.07, 6.45) is -0.212. The summed E-state index contributed by atoms with van der Waals surface area (Å²) < 4.78 is 10.0. The number of methoxy groups -OCH3 is 1. The number of ether oxygens (including phenoxy) is 2. The third kappa shape index (κ3) is 5.56. The molecule has 2 aromatic carbocycles. The molecule has 3 rings (SSSR count). The second kappa shape index (κ2) is 10.7. The predicted octanol–water partition coefficient (Wildman–Crippen LogP) is 2.98. The first-order valence-electron chi connectivity index (χ1n) is 10.6. The van der Waals surface area contributed by atoms with Crippen molar-refractivity contribution < 1.29 is 28.7 Å². The van der Waals surface area contributed by atoms with Crippen LogP contribution in [0.2, 0.25) is 0 Å². The number of imide groups is 1. The summed E-state index contributed by atoms with van der Waals surface area (Å²) in [5, 5.41) is 2.71. The van der Waals surface area contributed by atoms with E-state index in [1.54, 1.807) is 49.4 Å². The van der Waals surface area contributed by atoms with Gasteiger partial charge in [-0.15, -0.1) is 0 Å². The van der Waals surface area contributed by atoms with Gasteiger partial charge < -0.3 is 19.7 Å². The van der Waals surface area contributed by atoms with Gasteiger partial charge in [-0.05, 0) is 55.8 Å². The van der Waals surface area contributed by atoms with Gasteiger partial charge in [0.05, 0.1) is 30.9 Å². The predicted molar refractivity (Wildman–Crippen MR) is 122 cm³/mol. The number of urea groups is 1. The van der Waals surface area contributed by atoms with Crippen LogP contribution in [0, 0.1) is 6.92 Å². The van der Waals surface area contributed by atoms with Crippen molar-refractivity contribution in [2.45, 2.75) is 26.3 Å². The van der Waals surface area contributed by atoms with Gasteiger partial charge in [-0.1, -0.05) is 12.1 Å². The van der Waals surface area contributed by atoms with E-state index in [1.807, 2.05) is 13.0 Å². The molecule has 33 heavy (non-hydrogen) atoms. The van der Waals surface area contributed by atoms with Gasteiger partial charge in [0.2, 0.25) is 5.91 Å². The number of nitrogens with one attached hydrogen (secondary N) is 1. The molecule has 1 aliphatic heterocycles. The lowest BCUT2D eigenvalue weighted by Crippen LogP contribution is -2.39. The van der Waals surface area contributed by atoms with Crippen LogP contribution in [0.4, 0.5) is 16.2 Å². The second-order valence-electron chi connectivity index (χ2n) is 7.55. The summed E-state index contributed by atoms with van der Waals surface area (Å²) >= 11 is 0. The zero-order valence-corrected chi connectivity index (χ0v) is 18.9. The summed E-state index contributed by atoms with van der Waals surface area (Å²) in [6, 6.07) is 11.9. The van der Waals surface area contributed by atoms with Gasteiger partial charge >= 0.3 is 12.0 Å². The Morgan fingerprint density at radius 1 is 1.09 bits per heavy atom. The molecular formula is C24H27N3O6. The molecule has 9 heteroatoms. The summed E-state index contributed by atoms with van der Waals surface area (Å²) in [4.78, 5) is 53.1. The van der Waals surface area contributed by atoms with Crippen molar-refractivity contribution in [2.24, 2.45) is 0 Å². The molecule has 1 atom stereocenters. The van der Waals surface area contributed by atoms with Crippen molar-refractivity contribution in [2.75, 3.05) is 37.1 Å². The largest absolute Gasteiger partial charge is 0.462 e. The van der Waals surface area contributed by atoms with Gasteiger partial charge in [0.1, 0.15) is 6.04 Å². The van der Waals surface area contributed by atoms with E-state index in [1.165, 1.54) is 12.0 Å². The van der Waals surface area contributed by atoms with Crippen LogP contribution in [-0.2, 0) is 19.1 Å². The molecule has 174 valence electrons.